The predicted molar refractivity (Wildman–Crippen MR) is 104 cm³/mol. The molecule has 0 saturated carbocycles. The van der Waals surface area contributed by atoms with Crippen LogP contribution >= 0.6 is 0 Å². The normalized spacial score (nSPS) is 20.5. The number of carbonyl (C=O) groups excluding carboxylic acids is 2. The van der Waals surface area contributed by atoms with E-state index in [9.17, 15) is 9.59 Å². The molecule has 150 valence electrons. The van der Waals surface area contributed by atoms with Crippen molar-refractivity contribution < 1.29 is 23.5 Å². The van der Waals surface area contributed by atoms with Crippen molar-refractivity contribution in [2.24, 2.45) is 5.92 Å². The highest BCUT2D eigenvalue weighted by Crippen LogP contribution is 2.28. The molecule has 2 heterocycles. The van der Waals surface area contributed by atoms with Crippen LogP contribution in [0.1, 0.15) is 38.3 Å². The van der Waals surface area contributed by atoms with Crippen LogP contribution < -0.4 is 5.32 Å². The minimum absolute atomic E-state index is 0.241. The third-order valence-corrected chi connectivity index (χ3v) is 4.63. The Morgan fingerprint density at radius 2 is 1.96 bits per heavy atom. The van der Waals surface area contributed by atoms with Gasteiger partial charge in [0.25, 0.3) is 0 Å². The van der Waals surface area contributed by atoms with Gasteiger partial charge in [0, 0.05) is 6.42 Å². The van der Waals surface area contributed by atoms with Crippen LogP contribution in [-0.2, 0) is 27.1 Å². The fourth-order valence-corrected chi connectivity index (χ4v) is 3.38. The third-order valence-electron chi connectivity index (χ3n) is 4.63. The SMILES string of the molecule is CC(C)(C)OC(=O)N[C@@H](Cc1ccccc1)[C@@H]1CC(Cc2ccoc2)C(=O)O1. The summed E-state index contributed by atoms with van der Waals surface area (Å²) in [5.74, 6) is -0.489. The van der Waals surface area contributed by atoms with E-state index in [0.717, 1.165) is 11.1 Å². The molecule has 6 heteroatoms. The summed E-state index contributed by atoms with van der Waals surface area (Å²) in [6.07, 6.45) is 3.97. The molecule has 1 fully saturated rings. The fraction of sp³-hybridized carbons (Fsp3) is 0.455. The number of furan rings is 1. The monoisotopic (exact) mass is 385 g/mol. The number of cyclic esters (lactones) is 1. The Morgan fingerprint density at radius 3 is 2.61 bits per heavy atom. The van der Waals surface area contributed by atoms with Crippen LogP contribution in [0.15, 0.2) is 53.3 Å². The summed E-state index contributed by atoms with van der Waals surface area (Å²) in [7, 11) is 0. The zero-order valence-corrected chi connectivity index (χ0v) is 16.5. The highest BCUT2D eigenvalue weighted by molar-refractivity contribution is 5.75. The Labute approximate surface area is 165 Å². The number of nitrogens with one attached hydrogen (secondary N) is 1. The zero-order chi connectivity index (χ0) is 20.1. The Balaban J connectivity index is 1.70. The molecule has 1 unspecified atom stereocenters. The molecule has 1 N–H and O–H groups in total. The lowest BCUT2D eigenvalue weighted by Crippen LogP contribution is -2.46. The number of alkyl carbamates (subject to hydrolysis) is 1. The molecule has 0 radical (unpaired) electrons. The molecule has 1 aliphatic heterocycles. The summed E-state index contributed by atoms with van der Waals surface area (Å²) in [5.41, 5.74) is 1.41. The number of hydrogen-bond acceptors (Lipinski definition) is 5. The minimum Gasteiger partial charge on any atom is -0.472 e. The van der Waals surface area contributed by atoms with Crippen LogP contribution in [0.25, 0.3) is 0 Å². The van der Waals surface area contributed by atoms with Crippen LogP contribution in [0.3, 0.4) is 0 Å². The summed E-state index contributed by atoms with van der Waals surface area (Å²) in [6, 6.07) is 11.3. The van der Waals surface area contributed by atoms with Crippen LogP contribution in [-0.4, -0.2) is 29.8 Å². The Morgan fingerprint density at radius 1 is 1.21 bits per heavy atom. The van der Waals surface area contributed by atoms with Crippen molar-refractivity contribution in [3.8, 4) is 0 Å². The van der Waals surface area contributed by atoms with Crippen molar-refractivity contribution >= 4 is 12.1 Å². The number of carbonyl (C=O) groups is 2. The van der Waals surface area contributed by atoms with Crippen molar-refractivity contribution in [1.29, 1.82) is 0 Å². The van der Waals surface area contributed by atoms with E-state index >= 15 is 0 Å². The van der Waals surface area contributed by atoms with E-state index in [1.807, 2.05) is 57.2 Å². The molecule has 0 aliphatic carbocycles. The highest BCUT2D eigenvalue weighted by Gasteiger charge is 2.40. The summed E-state index contributed by atoms with van der Waals surface area (Å²) >= 11 is 0. The van der Waals surface area contributed by atoms with Gasteiger partial charge in [0.2, 0.25) is 0 Å². The largest absolute Gasteiger partial charge is 0.472 e. The lowest BCUT2D eigenvalue weighted by atomic mass is 9.93. The average molecular weight is 385 g/mol. The molecule has 3 atom stereocenters. The molecule has 0 bridgehead atoms. The maximum absolute atomic E-state index is 12.4. The Bertz CT molecular complexity index is 779. The molecule has 6 nitrogen and oxygen atoms in total. The average Bonchev–Trinajstić information content (AvgIpc) is 3.24. The van der Waals surface area contributed by atoms with E-state index < -0.39 is 17.8 Å². The maximum Gasteiger partial charge on any atom is 0.408 e. The maximum atomic E-state index is 12.4. The first-order chi connectivity index (χ1) is 13.3. The summed E-state index contributed by atoms with van der Waals surface area (Å²) in [6.45, 7) is 5.44. The second-order valence-corrected chi connectivity index (χ2v) is 8.19. The van der Waals surface area contributed by atoms with E-state index in [4.69, 9.17) is 13.9 Å². The molecule has 28 heavy (non-hydrogen) atoms. The topological polar surface area (TPSA) is 77.8 Å². The molecule has 0 spiro atoms. The van der Waals surface area contributed by atoms with Gasteiger partial charge in [-0.05, 0) is 50.8 Å². The van der Waals surface area contributed by atoms with E-state index in [-0.39, 0.29) is 17.9 Å². The first kappa shape index (κ1) is 20.0. The van der Waals surface area contributed by atoms with Crippen molar-refractivity contribution in [2.45, 2.75) is 57.8 Å². The smallest absolute Gasteiger partial charge is 0.408 e. The number of esters is 1. The first-order valence-electron chi connectivity index (χ1n) is 9.55. The fourth-order valence-electron chi connectivity index (χ4n) is 3.38. The molecular weight excluding hydrogens is 358 g/mol. The number of benzene rings is 1. The van der Waals surface area contributed by atoms with Gasteiger partial charge in [-0.1, -0.05) is 30.3 Å². The summed E-state index contributed by atoms with van der Waals surface area (Å²) in [5, 5.41) is 2.91. The number of hydrogen-bond donors (Lipinski definition) is 1. The lowest BCUT2D eigenvalue weighted by Gasteiger charge is -2.26. The van der Waals surface area contributed by atoms with E-state index in [0.29, 0.717) is 19.3 Å². The van der Waals surface area contributed by atoms with Crippen molar-refractivity contribution in [3.05, 3.63) is 60.1 Å². The lowest BCUT2D eigenvalue weighted by molar-refractivity contribution is -0.145. The van der Waals surface area contributed by atoms with Gasteiger partial charge >= 0.3 is 12.1 Å². The van der Waals surface area contributed by atoms with Crippen LogP contribution in [0.5, 0.6) is 0 Å². The van der Waals surface area contributed by atoms with Crippen molar-refractivity contribution in [1.82, 2.24) is 5.32 Å². The Kier molecular flexibility index (Phi) is 6.07. The van der Waals surface area contributed by atoms with Gasteiger partial charge < -0.3 is 19.2 Å². The van der Waals surface area contributed by atoms with Gasteiger partial charge in [0.05, 0.1) is 24.5 Å². The van der Waals surface area contributed by atoms with Crippen molar-refractivity contribution in [2.75, 3.05) is 0 Å². The second kappa shape index (κ2) is 8.50. The number of amides is 1. The summed E-state index contributed by atoms with van der Waals surface area (Å²) < 4.78 is 16.1. The van der Waals surface area contributed by atoms with Gasteiger partial charge in [-0.25, -0.2) is 4.79 Å². The molecule has 3 rings (SSSR count). The van der Waals surface area contributed by atoms with Gasteiger partial charge in [0.1, 0.15) is 11.7 Å². The van der Waals surface area contributed by atoms with Gasteiger partial charge in [-0.2, -0.15) is 0 Å². The minimum atomic E-state index is -0.600. The quantitative estimate of drug-likeness (QED) is 0.764. The van der Waals surface area contributed by atoms with Gasteiger partial charge in [-0.15, -0.1) is 0 Å². The van der Waals surface area contributed by atoms with Crippen LogP contribution in [0.4, 0.5) is 4.79 Å². The third kappa shape index (κ3) is 5.62. The highest BCUT2D eigenvalue weighted by atomic mass is 16.6. The van der Waals surface area contributed by atoms with E-state index in [1.165, 1.54) is 0 Å². The van der Waals surface area contributed by atoms with Gasteiger partial charge in [-0.3, -0.25) is 4.79 Å². The summed E-state index contributed by atoms with van der Waals surface area (Å²) in [4.78, 5) is 24.7. The van der Waals surface area contributed by atoms with Crippen molar-refractivity contribution in [3.63, 3.8) is 0 Å². The molecule has 1 aromatic heterocycles. The molecule has 1 aliphatic rings. The number of rotatable bonds is 6. The molecule has 1 saturated heterocycles. The van der Waals surface area contributed by atoms with E-state index in [1.54, 1.807) is 12.5 Å². The number of ether oxygens (including phenoxy) is 2. The van der Waals surface area contributed by atoms with Crippen LogP contribution in [0, 0.1) is 5.92 Å². The molecule has 1 aromatic carbocycles. The molecule has 1 amide bonds. The molecular formula is C22H27NO5. The zero-order valence-electron chi connectivity index (χ0n) is 16.5. The predicted octanol–water partition coefficient (Wildman–Crippen LogP) is 3.89. The van der Waals surface area contributed by atoms with Crippen LogP contribution in [0.2, 0.25) is 0 Å². The standard InChI is InChI=1S/C22H27NO5/c1-22(2,3)28-21(25)23-18(12-15-7-5-4-6-8-15)19-13-17(20(24)27-19)11-16-9-10-26-14-16/h4-10,14,17-19H,11-13H2,1-3H3,(H,23,25)/t17?,18-,19-/m0/s1. The van der Waals surface area contributed by atoms with Gasteiger partial charge in [0.15, 0.2) is 0 Å². The Hall–Kier alpha value is -2.76. The molecule has 2 aromatic rings. The van der Waals surface area contributed by atoms with E-state index in [2.05, 4.69) is 5.32 Å². The second-order valence-electron chi connectivity index (χ2n) is 8.19. The first-order valence-corrected chi connectivity index (χ1v) is 9.55.